The highest BCUT2D eigenvalue weighted by Crippen LogP contribution is 2.47. The number of fused-ring (bicyclic) bond motifs is 2. The summed E-state index contributed by atoms with van der Waals surface area (Å²) in [6.45, 7) is 0. The van der Waals surface area contributed by atoms with E-state index in [1.807, 2.05) is 0 Å². The summed E-state index contributed by atoms with van der Waals surface area (Å²) in [5.41, 5.74) is -3.53. The minimum absolute atomic E-state index is 0.0403. The Morgan fingerprint density at radius 2 is 1.30 bits per heavy atom. The van der Waals surface area contributed by atoms with E-state index in [2.05, 4.69) is 54.4 Å². The SMILES string of the molecule is CN(c1ccc2c(O)c(N=Nc3ccc(S(=O)(=O)COS(=O)(=O)O)cc3)c(S(=O)(=O)O)cc2c1)c1nc(Cl)nc(Nc2cc(S(=O)(=O)O)cc3cc(S(=O)(=O)O)c(N=Nc4ccc(NC(=O)CCCS(=O)OCCl)cc4S(=O)(=O)O)c(O)c23)n1. The number of anilines is 5. The molecule has 0 saturated heterocycles. The summed E-state index contributed by atoms with van der Waals surface area (Å²) < 4.78 is 217. The zero-order valence-electron chi connectivity index (χ0n) is 41.5. The average molecular weight is 1340 g/mol. The van der Waals surface area contributed by atoms with Gasteiger partial charge in [0.05, 0.1) is 26.9 Å². The fourth-order valence-corrected chi connectivity index (χ4v) is 12.5. The second-order valence-electron chi connectivity index (χ2n) is 16.7. The molecule has 0 aliphatic carbocycles. The molecule has 33 nitrogen and oxygen atoms in total. The molecule has 0 aliphatic rings. The number of amides is 1. The molecular weight excluding hydrogens is 1310 g/mol. The van der Waals surface area contributed by atoms with Gasteiger partial charge in [0, 0.05) is 35.6 Å². The molecule has 1 amide bonds. The van der Waals surface area contributed by atoms with E-state index in [-0.39, 0.29) is 58.4 Å². The van der Waals surface area contributed by atoms with Gasteiger partial charge < -0.3 is 25.7 Å². The van der Waals surface area contributed by atoms with E-state index in [9.17, 15) is 87.9 Å². The van der Waals surface area contributed by atoms with Crippen molar-refractivity contribution >= 4 is 174 Å². The predicted molar refractivity (Wildman–Crippen MR) is 295 cm³/mol. The van der Waals surface area contributed by atoms with Gasteiger partial charge in [-0.15, -0.1) is 15.3 Å². The van der Waals surface area contributed by atoms with Crippen LogP contribution in [0.4, 0.5) is 51.7 Å². The van der Waals surface area contributed by atoms with Crippen molar-refractivity contribution in [2.75, 3.05) is 40.3 Å². The third kappa shape index (κ3) is 15.8. The molecule has 42 heteroatoms. The first-order chi connectivity index (χ1) is 38.9. The molecule has 7 rings (SSSR count). The van der Waals surface area contributed by atoms with Crippen molar-refractivity contribution < 1.29 is 101 Å². The van der Waals surface area contributed by atoms with Crippen LogP contribution in [0.2, 0.25) is 5.28 Å². The van der Waals surface area contributed by atoms with Crippen LogP contribution in [0, 0.1) is 0 Å². The molecule has 0 radical (unpaired) electrons. The number of aromatic nitrogens is 3. The maximum atomic E-state index is 12.8. The number of aromatic hydroxyl groups is 2. The Kier molecular flexibility index (Phi) is 19.0. The summed E-state index contributed by atoms with van der Waals surface area (Å²) in [4.78, 5) is 21.3. The maximum Gasteiger partial charge on any atom is 0.398 e. The summed E-state index contributed by atoms with van der Waals surface area (Å²) in [6.07, 6.45) is -0.196. The van der Waals surface area contributed by atoms with Crippen LogP contribution in [0.5, 0.6) is 11.5 Å². The molecule has 1 unspecified atom stereocenters. The zero-order valence-corrected chi connectivity index (χ0v) is 48.7. The Morgan fingerprint density at radius 3 is 1.90 bits per heavy atom. The topological polar surface area (TPSA) is 514 Å². The lowest BCUT2D eigenvalue weighted by atomic mass is 10.1. The highest BCUT2D eigenvalue weighted by atomic mass is 35.5. The van der Waals surface area contributed by atoms with Gasteiger partial charge >= 0.3 is 10.4 Å². The van der Waals surface area contributed by atoms with Crippen molar-refractivity contribution in [2.24, 2.45) is 20.5 Å². The van der Waals surface area contributed by atoms with Crippen LogP contribution in [0.3, 0.4) is 0 Å². The minimum atomic E-state index is -5.50. The third-order valence-corrected chi connectivity index (χ3v) is 17.9. The molecule has 0 aliphatic heterocycles. The minimum Gasteiger partial charge on any atom is -0.505 e. The number of benzene rings is 6. The number of carbonyl (C=O) groups is 1. The molecule has 1 aromatic heterocycles. The lowest BCUT2D eigenvalue weighted by Crippen LogP contribution is -2.15. The highest BCUT2D eigenvalue weighted by Gasteiger charge is 2.28. The number of halogens is 2. The van der Waals surface area contributed by atoms with E-state index in [4.69, 9.17) is 27.8 Å². The van der Waals surface area contributed by atoms with Gasteiger partial charge in [-0.1, -0.05) is 11.6 Å². The smallest absolute Gasteiger partial charge is 0.398 e. The number of hydrogen-bond donors (Lipinski definition) is 9. The number of nitrogens with zero attached hydrogens (tertiary/aromatic N) is 8. The Morgan fingerprint density at radius 1 is 0.679 bits per heavy atom. The molecule has 0 bridgehead atoms. The van der Waals surface area contributed by atoms with Crippen LogP contribution < -0.4 is 15.5 Å². The maximum absolute atomic E-state index is 12.8. The van der Waals surface area contributed by atoms with Crippen LogP contribution in [-0.2, 0) is 84.9 Å². The van der Waals surface area contributed by atoms with E-state index in [1.165, 1.54) is 30.1 Å². The van der Waals surface area contributed by atoms with Crippen LogP contribution in [0.1, 0.15) is 12.8 Å². The highest BCUT2D eigenvalue weighted by molar-refractivity contribution is 7.92. The monoisotopic (exact) mass is 1340 g/mol. The van der Waals surface area contributed by atoms with Gasteiger partial charge in [-0.3, -0.25) is 31.7 Å². The van der Waals surface area contributed by atoms with Gasteiger partial charge in [-0.25, -0.2) is 16.8 Å². The van der Waals surface area contributed by atoms with Gasteiger partial charge in [-0.2, -0.15) is 62.2 Å². The van der Waals surface area contributed by atoms with Crippen LogP contribution in [-0.4, -0.2) is 133 Å². The Labute approximate surface area is 486 Å². The average Bonchev–Trinajstić information content (AvgIpc) is 2.94. The number of carbonyl (C=O) groups excluding carboxylic acids is 1. The normalized spacial score (nSPS) is 13.2. The molecule has 1 heterocycles. The van der Waals surface area contributed by atoms with Crippen molar-refractivity contribution in [3.05, 3.63) is 90.2 Å². The first-order valence-corrected chi connectivity index (χ1v) is 33.1. The molecule has 0 fully saturated rings. The second-order valence-corrected chi connectivity index (χ2v) is 27.1. The van der Waals surface area contributed by atoms with Gasteiger partial charge in [0.2, 0.25) is 32.9 Å². The quantitative estimate of drug-likeness (QED) is 0.0182. The third-order valence-electron chi connectivity index (χ3n) is 11.0. The first-order valence-electron chi connectivity index (χ1n) is 22.2. The van der Waals surface area contributed by atoms with E-state index in [0.717, 1.165) is 48.5 Å². The van der Waals surface area contributed by atoms with Gasteiger partial charge in [-0.05, 0) is 114 Å². The summed E-state index contributed by atoms with van der Waals surface area (Å²) in [7, 11) is -29.4. The molecule has 9 N–H and O–H groups in total. The molecular formula is C42H36Cl2N10O23S7. The Hall–Kier alpha value is -7.13. The van der Waals surface area contributed by atoms with Crippen LogP contribution in [0.25, 0.3) is 21.5 Å². The van der Waals surface area contributed by atoms with Gasteiger partial charge in [0.25, 0.3) is 40.5 Å². The van der Waals surface area contributed by atoms with Gasteiger partial charge in [0.15, 0.2) is 28.5 Å². The van der Waals surface area contributed by atoms with E-state index < -0.39 is 164 Å². The molecule has 448 valence electrons. The predicted octanol–water partition coefficient (Wildman–Crippen LogP) is 6.72. The van der Waals surface area contributed by atoms with E-state index in [1.54, 1.807) is 0 Å². The van der Waals surface area contributed by atoms with Crippen molar-refractivity contribution in [1.29, 1.82) is 0 Å². The zero-order chi connectivity index (χ0) is 62.1. The molecule has 1 atom stereocenters. The summed E-state index contributed by atoms with van der Waals surface area (Å²) in [6, 6.07) is 12.9. The van der Waals surface area contributed by atoms with E-state index in [0.29, 0.717) is 18.2 Å². The number of hydrogen-bond acceptors (Lipinski definition) is 27. The van der Waals surface area contributed by atoms with Crippen molar-refractivity contribution in [1.82, 2.24) is 15.0 Å². The van der Waals surface area contributed by atoms with Gasteiger partial charge in [0.1, 0.15) is 37.8 Å². The Balaban J connectivity index is 1.24. The number of nitrogens with one attached hydrogen (secondary N) is 2. The molecule has 84 heavy (non-hydrogen) atoms. The lowest BCUT2D eigenvalue weighted by molar-refractivity contribution is -0.116. The number of sulfone groups is 1. The molecule has 0 spiro atoms. The number of alkyl halides is 1. The fourth-order valence-electron chi connectivity index (χ4n) is 7.31. The molecule has 0 saturated carbocycles. The number of phenolic OH excluding ortho intramolecular Hbond substituents is 2. The summed E-state index contributed by atoms with van der Waals surface area (Å²) in [5.74, 6) is -5.26. The molecule has 6 aromatic carbocycles. The van der Waals surface area contributed by atoms with Crippen molar-refractivity contribution in [2.45, 2.75) is 37.3 Å². The fraction of sp³-hybridized carbons (Fsp3) is 0.143. The number of rotatable bonds is 23. The summed E-state index contributed by atoms with van der Waals surface area (Å²) in [5, 5.41) is 41.0. The standard InChI is InChI=1S/C42H36Cl2N10O23S7/c1-54(25-7-10-28-21(13-25)15-32(82(67,68)69)36(38(28)56)52-50-23-4-8-26(9-5-23)79(59,60)20-77-84(73,74)75)42-48-40(44)47-41(49-42)46-30-18-27(80(61,62)63)14-22-16-33(83(70,71)72)37(39(57)35(22)30)53-51-29-11-6-24(17-31(29)81(64,65)66)45-34(55)3-2-12-78(58)76-19-43/h4-11,13-18,56-57H,2-3,12,19-20H2,1H3,(H,45,55)(H,61,62,63)(H,64,65,66)(H,67,68,69)(H,70,71,72)(H,73,74,75)(H,46,47,48,49). The van der Waals surface area contributed by atoms with Crippen LogP contribution in [0.15, 0.2) is 130 Å². The van der Waals surface area contributed by atoms with E-state index >= 15 is 0 Å². The molecule has 7 aromatic rings. The van der Waals surface area contributed by atoms with Crippen molar-refractivity contribution in [3.8, 4) is 11.5 Å². The van der Waals surface area contributed by atoms with Crippen LogP contribution >= 0.6 is 23.2 Å². The first kappa shape index (κ1) is 64.4. The Bertz CT molecular complexity index is 4640. The largest absolute Gasteiger partial charge is 0.505 e. The second kappa shape index (κ2) is 24.8. The lowest BCUT2D eigenvalue weighted by Gasteiger charge is -2.19. The number of phenols is 2. The van der Waals surface area contributed by atoms with Crippen molar-refractivity contribution in [3.63, 3.8) is 0 Å². The summed E-state index contributed by atoms with van der Waals surface area (Å²) >= 11 is 9.87. The number of azo groups is 2.